The Morgan fingerprint density at radius 3 is 1.29 bits per heavy atom. The van der Waals surface area contributed by atoms with Crippen molar-refractivity contribution in [1.29, 1.82) is 0 Å². The average molecular weight is 457 g/mol. The standard InChI is InChI=1S/C33H28O2/c1-2-33(26-16-10-5-11-17-26,27-18-20-31(34)29(22-27)24-12-6-3-7-13-24)28-19-21-32(35)30(23-28)25-14-8-4-9-15-25/h3-23,34-35H,2H2,1H3. The molecule has 0 spiro atoms. The summed E-state index contributed by atoms with van der Waals surface area (Å²) >= 11 is 0. The number of aromatic hydroxyl groups is 2. The molecule has 0 bridgehead atoms. The third kappa shape index (κ3) is 4.08. The molecule has 172 valence electrons. The summed E-state index contributed by atoms with van der Waals surface area (Å²) in [4.78, 5) is 0. The second-order valence-electron chi connectivity index (χ2n) is 8.82. The normalized spacial score (nSPS) is 11.3. The molecule has 0 aromatic heterocycles. The van der Waals surface area contributed by atoms with Crippen LogP contribution in [0.4, 0.5) is 0 Å². The number of hydrogen-bond donors (Lipinski definition) is 2. The van der Waals surface area contributed by atoms with Crippen LogP contribution in [0.5, 0.6) is 11.5 Å². The Bertz CT molecular complexity index is 1340. The van der Waals surface area contributed by atoms with Crippen LogP contribution in [0.15, 0.2) is 127 Å². The van der Waals surface area contributed by atoms with Crippen molar-refractivity contribution in [2.45, 2.75) is 18.8 Å². The maximum atomic E-state index is 10.8. The first-order valence-corrected chi connectivity index (χ1v) is 12.0. The molecule has 2 heteroatoms. The van der Waals surface area contributed by atoms with Crippen LogP contribution in [0, 0.1) is 0 Å². The highest BCUT2D eigenvalue weighted by atomic mass is 16.3. The lowest BCUT2D eigenvalue weighted by atomic mass is 9.67. The minimum atomic E-state index is -0.476. The zero-order chi connectivity index (χ0) is 24.3. The van der Waals surface area contributed by atoms with Crippen molar-refractivity contribution in [3.05, 3.63) is 144 Å². The highest BCUT2D eigenvalue weighted by Gasteiger charge is 2.35. The van der Waals surface area contributed by atoms with Crippen LogP contribution < -0.4 is 0 Å². The maximum absolute atomic E-state index is 10.8. The van der Waals surface area contributed by atoms with Crippen molar-refractivity contribution in [3.8, 4) is 33.8 Å². The van der Waals surface area contributed by atoms with Gasteiger partial charge in [0, 0.05) is 16.5 Å². The van der Waals surface area contributed by atoms with Gasteiger partial charge in [-0.25, -0.2) is 0 Å². The molecular weight excluding hydrogens is 428 g/mol. The van der Waals surface area contributed by atoms with E-state index in [1.807, 2.05) is 78.9 Å². The largest absolute Gasteiger partial charge is 0.507 e. The van der Waals surface area contributed by atoms with E-state index in [0.29, 0.717) is 0 Å². The fourth-order valence-corrected chi connectivity index (χ4v) is 5.14. The number of phenols is 2. The predicted octanol–water partition coefficient (Wildman–Crippen LogP) is 8.18. The van der Waals surface area contributed by atoms with Crippen LogP contribution in [0.1, 0.15) is 30.0 Å². The Hall–Kier alpha value is -4.30. The van der Waals surface area contributed by atoms with Gasteiger partial charge in [-0.15, -0.1) is 0 Å². The molecule has 0 radical (unpaired) electrons. The van der Waals surface area contributed by atoms with Crippen LogP contribution >= 0.6 is 0 Å². The van der Waals surface area contributed by atoms with Gasteiger partial charge in [0.25, 0.3) is 0 Å². The number of phenolic OH excluding ortho intramolecular Hbond substituents is 2. The van der Waals surface area contributed by atoms with Crippen molar-refractivity contribution in [3.63, 3.8) is 0 Å². The Kier molecular flexibility index (Phi) is 6.12. The summed E-state index contributed by atoms with van der Waals surface area (Å²) in [7, 11) is 0. The molecule has 0 aliphatic heterocycles. The minimum Gasteiger partial charge on any atom is -0.507 e. The lowest BCUT2D eigenvalue weighted by Gasteiger charge is -2.36. The SMILES string of the molecule is CCC(c1ccccc1)(c1ccc(O)c(-c2ccccc2)c1)c1ccc(O)c(-c2ccccc2)c1. The third-order valence-corrected chi connectivity index (χ3v) is 6.95. The molecule has 2 N–H and O–H groups in total. The summed E-state index contributed by atoms with van der Waals surface area (Å²) in [6.45, 7) is 2.19. The van der Waals surface area contributed by atoms with Crippen molar-refractivity contribution in [2.75, 3.05) is 0 Å². The molecule has 2 nitrogen and oxygen atoms in total. The fraction of sp³-hybridized carbons (Fsp3) is 0.0909. The van der Waals surface area contributed by atoms with Crippen LogP contribution in [0.25, 0.3) is 22.3 Å². The van der Waals surface area contributed by atoms with Crippen molar-refractivity contribution in [2.24, 2.45) is 0 Å². The highest BCUT2D eigenvalue weighted by Crippen LogP contribution is 2.46. The zero-order valence-electron chi connectivity index (χ0n) is 19.7. The summed E-state index contributed by atoms with van der Waals surface area (Å²) in [6, 6.07) is 42.3. The molecular formula is C33H28O2. The van der Waals surface area contributed by atoms with Crippen LogP contribution in [-0.4, -0.2) is 10.2 Å². The van der Waals surface area contributed by atoms with Crippen LogP contribution in [-0.2, 0) is 5.41 Å². The summed E-state index contributed by atoms with van der Waals surface area (Å²) in [5, 5.41) is 21.5. The topological polar surface area (TPSA) is 40.5 Å². The van der Waals surface area contributed by atoms with Gasteiger partial charge in [-0.2, -0.15) is 0 Å². The van der Waals surface area contributed by atoms with Gasteiger partial charge in [-0.05, 0) is 58.5 Å². The van der Waals surface area contributed by atoms with E-state index >= 15 is 0 Å². The second-order valence-corrected chi connectivity index (χ2v) is 8.82. The molecule has 0 unspecified atom stereocenters. The molecule has 5 aromatic carbocycles. The fourth-order valence-electron chi connectivity index (χ4n) is 5.14. The maximum Gasteiger partial charge on any atom is 0.123 e. The molecule has 35 heavy (non-hydrogen) atoms. The van der Waals surface area contributed by atoms with E-state index in [9.17, 15) is 10.2 Å². The average Bonchev–Trinajstić information content (AvgIpc) is 2.92. The van der Waals surface area contributed by atoms with E-state index < -0.39 is 5.41 Å². The van der Waals surface area contributed by atoms with E-state index in [4.69, 9.17) is 0 Å². The van der Waals surface area contributed by atoms with Gasteiger partial charge < -0.3 is 10.2 Å². The Labute approximate surface area is 206 Å². The van der Waals surface area contributed by atoms with Gasteiger partial charge in [0.2, 0.25) is 0 Å². The summed E-state index contributed by atoms with van der Waals surface area (Å²) in [5.41, 5.74) is 6.42. The van der Waals surface area contributed by atoms with Gasteiger partial charge >= 0.3 is 0 Å². The monoisotopic (exact) mass is 456 g/mol. The number of benzene rings is 5. The molecule has 0 fully saturated rings. The van der Waals surface area contributed by atoms with Crippen molar-refractivity contribution in [1.82, 2.24) is 0 Å². The molecule has 0 saturated carbocycles. The van der Waals surface area contributed by atoms with Gasteiger partial charge in [0.05, 0.1) is 0 Å². The molecule has 0 amide bonds. The van der Waals surface area contributed by atoms with Gasteiger partial charge in [0.1, 0.15) is 11.5 Å². The Morgan fingerprint density at radius 1 is 0.486 bits per heavy atom. The van der Waals surface area contributed by atoms with E-state index in [2.05, 4.69) is 43.3 Å². The quantitative estimate of drug-likeness (QED) is 0.253. The Balaban J connectivity index is 1.78. The first kappa shape index (κ1) is 22.5. The summed E-state index contributed by atoms with van der Waals surface area (Å²) in [6.07, 6.45) is 0.801. The first-order valence-electron chi connectivity index (χ1n) is 12.0. The molecule has 5 rings (SSSR count). The Morgan fingerprint density at radius 2 is 0.886 bits per heavy atom. The molecule has 0 atom stereocenters. The molecule has 5 aromatic rings. The number of hydrogen-bond acceptors (Lipinski definition) is 2. The molecule has 0 aliphatic rings. The van der Waals surface area contributed by atoms with Gasteiger partial charge in [-0.1, -0.05) is 110 Å². The smallest absolute Gasteiger partial charge is 0.123 e. The second kappa shape index (κ2) is 9.52. The molecule has 0 heterocycles. The van der Waals surface area contributed by atoms with Crippen LogP contribution in [0.3, 0.4) is 0 Å². The van der Waals surface area contributed by atoms with E-state index in [1.165, 1.54) is 0 Å². The third-order valence-electron chi connectivity index (χ3n) is 6.95. The molecule has 0 saturated heterocycles. The van der Waals surface area contributed by atoms with E-state index in [-0.39, 0.29) is 11.5 Å². The lowest BCUT2D eigenvalue weighted by Crippen LogP contribution is -2.28. The summed E-state index contributed by atoms with van der Waals surface area (Å²) < 4.78 is 0. The van der Waals surface area contributed by atoms with Crippen molar-refractivity contribution < 1.29 is 10.2 Å². The highest BCUT2D eigenvalue weighted by molar-refractivity contribution is 5.74. The van der Waals surface area contributed by atoms with Crippen molar-refractivity contribution >= 4 is 0 Å². The van der Waals surface area contributed by atoms with Gasteiger partial charge in [0.15, 0.2) is 0 Å². The molecule has 0 aliphatic carbocycles. The van der Waals surface area contributed by atoms with E-state index in [1.54, 1.807) is 12.1 Å². The summed E-state index contributed by atoms with van der Waals surface area (Å²) in [5.74, 6) is 0.516. The minimum absolute atomic E-state index is 0.258. The zero-order valence-corrected chi connectivity index (χ0v) is 19.7. The first-order chi connectivity index (χ1) is 17.1. The van der Waals surface area contributed by atoms with E-state index in [0.717, 1.165) is 45.4 Å². The van der Waals surface area contributed by atoms with Gasteiger partial charge in [-0.3, -0.25) is 0 Å². The predicted molar refractivity (Wildman–Crippen MR) is 144 cm³/mol. The van der Waals surface area contributed by atoms with Crippen LogP contribution in [0.2, 0.25) is 0 Å². The number of rotatable bonds is 6. The lowest BCUT2D eigenvalue weighted by molar-refractivity contribution is 0.475.